The van der Waals surface area contributed by atoms with E-state index in [1.165, 1.54) is 0 Å². The molecule has 0 spiro atoms. The monoisotopic (exact) mass is 184 g/mol. The van der Waals surface area contributed by atoms with Crippen molar-refractivity contribution >= 4 is 24.2 Å². The predicted octanol–water partition coefficient (Wildman–Crippen LogP) is 0.923. The second-order valence-corrected chi connectivity index (χ2v) is 2.66. The van der Waals surface area contributed by atoms with Gasteiger partial charge in [0.25, 0.3) is 0 Å². The SMILES string of the molecule is OCC(CCl)OCCCS. The van der Waals surface area contributed by atoms with Crippen LogP contribution in [0.3, 0.4) is 0 Å². The molecular formula is C6H13ClO2S. The smallest absolute Gasteiger partial charge is 0.0940 e. The molecule has 0 aromatic heterocycles. The Bertz CT molecular complexity index is 68.8. The second-order valence-electron chi connectivity index (χ2n) is 1.91. The van der Waals surface area contributed by atoms with Crippen LogP contribution in [0.1, 0.15) is 6.42 Å². The summed E-state index contributed by atoms with van der Waals surface area (Å²) >= 11 is 9.45. The summed E-state index contributed by atoms with van der Waals surface area (Å²) in [5.74, 6) is 1.16. The summed E-state index contributed by atoms with van der Waals surface area (Å²) in [6, 6.07) is 0. The highest BCUT2D eigenvalue weighted by Gasteiger charge is 2.03. The van der Waals surface area contributed by atoms with Crippen LogP contribution < -0.4 is 0 Å². The molecule has 2 nitrogen and oxygen atoms in total. The van der Waals surface area contributed by atoms with E-state index in [1.807, 2.05) is 0 Å². The zero-order chi connectivity index (χ0) is 7.82. The van der Waals surface area contributed by atoms with Crippen LogP contribution >= 0.6 is 24.2 Å². The van der Waals surface area contributed by atoms with E-state index in [1.54, 1.807) is 0 Å². The molecule has 0 saturated heterocycles. The van der Waals surface area contributed by atoms with Crippen LogP contribution in [0.2, 0.25) is 0 Å². The van der Waals surface area contributed by atoms with Crippen LogP contribution in [0.25, 0.3) is 0 Å². The molecule has 0 heterocycles. The van der Waals surface area contributed by atoms with E-state index in [0.29, 0.717) is 12.5 Å². The fourth-order valence-electron chi connectivity index (χ4n) is 0.461. The van der Waals surface area contributed by atoms with Gasteiger partial charge in [0.1, 0.15) is 0 Å². The molecule has 0 radical (unpaired) electrons. The summed E-state index contributed by atoms with van der Waals surface area (Å²) in [6.07, 6.45) is 0.692. The van der Waals surface area contributed by atoms with Gasteiger partial charge in [-0.25, -0.2) is 0 Å². The number of ether oxygens (including phenoxy) is 1. The number of rotatable bonds is 6. The number of thiol groups is 1. The van der Waals surface area contributed by atoms with Crippen LogP contribution in [-0.2, 0) is 4.74 Å². The Labute approximate surface area is 71.9 Å². The molecule has 0 amide bonds. The van der Waals surface area contributed by atoms with Crippen molar-refractivity contribution in [3.8, 4) is 0 Å². The minimum Gasteiger partial charge on any atom is -0.394 e. The van der Waals surface area contributed by atoms with Crippen LogP contribution in [0.5, 0.6) is 0 Å². The van der Waals surface area contributed by atoms with Gasteiger partial charge in [-0.3, -0.25) is 0 Å². The van der Waals surface area contributed by atoms with Gasteiger partial charge in [0.05, 0.1) is 18.6 Å². The van der Waals surface area contributed by atoms with Crippen LogP contribution in [0, 0.1) is 0 Å². The average molecular weight is 185 g/mol. The third-order valence-corrected chi connectivity index (χ3v) is 1.69. The van der Waals surface area contributed by atoms with Crippen LogP contribution in [0.15, 0.2) is 0 Å². The lowest BCUT2D eigenvalue weighted by Crippen LogP contribution is -2.20. The maximum absolute atomic E-state index is 8.60. The third-order valence-electron chi connectivity index (χ3n) is 1.03. The molecule has 1 N–H and O–H groups in total. The minimum absolute atomic E-state index is 0.00390. The lowest BCUT2D eigenvalue weighted by Gasteiger charge is -2.10. The molecule has 0 aliphatic carbocycles. The fraction of sp³-hybridized carbons (Fsp3) is 1.00. The molecule has 1 atom stereocenters. The second kappa shape index (κ2) is 7.66. The zero-order valence-corrected chi connectivity index (χ0v) is 7.44. The standard InChI is InChI=1S/C6H13ClO2S/c7-4-6(5-8)9-2-1-3-10/h6,8,10H,1-5H2. The van der Waals surface area contributed by atoms with Crippen molar-refractivity contribution in [2.45, 2.75) is 12.5 Å². The highest BCUT2D eigenvalue weighted by Crippen LogP contribution is 1.95. The number of halogens is 1. The highest BCUT2D eigenvalue weighted by atomic mass is 35.5. The molecule has 4 heteroatoms. The first-order valence-electron chi connectivity index (χ1n) is 3.24. The third kappa shape index (κ3) is 5.35. The van der Waals surface area contributed by atoms with Gasteiger partial charge in [-0.15, -0.1) is 11.6 Å². The van der Waals surface area contributed by atoms with E-state index >= 15 is 0 Å². The Balaban J connectivity index is 3.09. The van der Waals surface area contributed by atoms with Gasteiger partial charge < -0.3 is 9.84 Å². The molecule has 0 aliphatic rings. The topological polar surface area (TPSA) is 29.5 Å². The largest absolute Gasteiger partial charge is 0.394 e. The number of alkyl halides is 1. The molecule has 62 valence electrons. The van der Waals surface area contributed by atoms with E-state index < -0.39 is 0 Å². The number of aliphatic hydroxyl groups is 1. The van der Waals surface area contributed by atoms with Gasteiger partial charge >= 0.3 is 0 Å². The van der Waals surface area contributed by atoms with Crippen LogP contribution in [0.4, 0.5) is 0 Å². The first kappa shape index (κ1) is 10.6. The van der Waals surface area contributed by atoms with E-state index in [-0.39, 0.29) is 12.7 Å². The van der Waals surface area contributed by atoms with Gasteiger partial charge in [0.15, 0.2) is 0 Å². The van der Waals surface area contributed by atoms with Gasteiger partial charge in [-0.2, -0.15) is 12.6 Å². The number of hydrogen-bond acceptors (Lipinski definition) is 3. The Morgan fingerprint density at radius 3 is 2.70 bits per heavy atom. The molecule has 0 aromatic carbocycles. The van der Waals surface area contributed by atoms with Crippen molar-refractivity contribution in [3.63, 3.8) is 0 Å². The quantitative estimate of drug-likeness (QED) is 0.365. The summed E-state index contributed by atoms with van der Waals surface area (Å²) in [6.45, 7) is 0.623. The van der Waals surface area contributed by atoms with Gasteiger partial charge in [0, 0.05) is 6.61 Å². The first-order chi connectivity index (χ1) is 4.85. The van der Waals surface area contributed by atoms with E-state index in [9.17, 15) is 0 Å². The maximum Gasteiger partial charge on any atom is 0.0940 e. The molecular weight excluding hydrogens is 172 g/mol. The van der Waals surface area contributed by atoms with Crippen molar-refractivity contribution in [2.75, 3.05) is 24.8 Å². The molecule has 0 saturated carbocycles. The predicted molar refractivity (Wildman–Crippen MR) is 46.0 cm³/mol. The zero-order valence-electron chi connectivity index (χ0n) is 5.79. The Hall–Kier alpha value is 0.560. The van der Waals surface area contributed by atoms with Gasteiger partial charge in [0.2, 0.25) is 0 Å². The lowest BCUT2D eigenvalue weighted by atomic mass is 10.4. The molecule has 0 fully saturated rings. The molecule has 0 rings (SSSR count). The van der Waals surface area contributed by atoms with Crippen LogP contribution in [-0.4, -0.2) is 36.1 Å². The van der Waals surface area contributed by atoms with E-state index in [2.05, 4.69) is 12.6 Å². The average Bonchev–Trinajstić information content (AvgIpc) is 1.99. The van der Waals surface area contributed by atoms with E-state index in [4.69, 9.17) is 21.4 Å². The molecule has 0 aromatic rings. The van der Waals surface area contributed by atoms with Crippen molar-refractivity contribution in [1.82, 2.24) is 0 Å². The Morgan fingerprint density at radius 2 is 2.30 bits per heavy atom. The van der Waals surface area contributed by atoms with Crippen molar-refractivity contribution in [3.05, 3.63) is 0 Å². The fourth-order valence-corrected chi connectivity index (χ4v) is 0.776. The van der Waals surface area contributed by atoms with Gasteiger partial charge in [-0.05, 0) is 12.2 Å². The van der Waals surface area contributed by atoms with Crippen molar-refractivity contribution < 1.29 is 9.84 Å². The minimum atomic E-state index is -0.207. The number of aliphatic hydroxyl groups excluding tert-OH is 1. The summed E-state index contributed by atoms with van der Waals surface area (Å²) in [5, 5.41) is 8.60. The Morgan fingerprint density at radius 1 is 1.60 bits per heavy atom. The van der Waals surface area contributed by atoms with Crippen molar-refractivity contribution in [2.24, 2.45) is 0 Å². The maximum atomic E-state index is 8.60. The number of hydrogen-bond donors (Lipinski definition) is 2. The Kier molecular flexibility index (Phi) is 8.09. The molecule has 0 bridgehead atoms. The molecule has 10 heavy (non-hydrogen) atoms. The van der Waals surface area contributed by atoms with E-state index in [0.717, 1.165) is 12.2 Å². The summed E-state index contributed by atoms with van der Waals surface area (Å²) in [5.41, 5.74) is 0. The summed E-state index contributed by atoms with van der Waals surface area (Å²) in [4.78, 5) is 0. The first-order valence-corrected chi connectivity index (χ1v) is 4.41. The van der Waals surface area contributed by atoms with Crippen molar-refractivity contribution in [1.29, 1.82) is 0 Å². The molecule has 1 unspecified atom stereocenters. The summed E-state index contributed by atoms with van der Waals surface area (Å²) in [7, 11) is 0. The molecule has 0 aliphatic heterocycles. The summed E-state index contributed by atoms with van der Waals surface area (Å²) < 4.78 is 5.15. The lowest BCUT2D eigenvalue weighted by molar-refractivity contribution is 0.0280. The highest BCUT2D eigenvalue weighted by molar-refractivity contribution is 7.80. The van der Waals surface area contributed by atoms with Gasteiger partial charge in [-0.1, -0.05) is 0 Å². The normalized spacial score (nSPS) is 13.5.